The molecule has 0 unspecified atom stereocenters. The molecular formula is C17H16ClN3OS2. The Kier molecular flexibility index (Phi) is 5.08. The van der Waals surface area contributed by atoms with E-state index >= 15 is 0 Å². The Morgan fingerprint density at radius 1 is 1.21 bits per heavy atom. The first-order valence-corrected chi connectivity index (χ1v) is 9.54. The van der Waals surface area contributed by atoms with Crippen molar-refractivity contribution < 1.29 is 4.79 Å². The molecule has 4 nitrogen and oxygen atoms in total. The van der Waals surface area contributed by atoms with Crippen molar-refractivity contribution in [2.24, 2.45) is 0 Å². The normalized spacial score (nSPS) is 11.0. The smallest absolute Gasteiger partial charge is 0.174 e. The average molecular weight is 378 g/mol. The molecule has 3 rings (SSSR count). The summed E-state index contributed by atoms with van der Waals surface area (Å²) in [5.41, 5.74) is 3.71. The van der Waals surface area contributed by atoms with E-state index in [4.69, 9.17) is 11.6 Å². The van der Waals surface area contributed by atoms with Crippen LogP contribution in [0.25, 0.3) is 5.69 Å². The molecule has 0 radical (unpaired) electrons. The molecule has 0 saturated carbocycles. The third-order valence-corrected chi connectivity index (χ3v) is 5.87. The van der Waals surface area contributed by atoms with Gasteiger partial charge in [-0.2, -0.15) is 0 Å². The summed E-state index contributed by atoms with van der Waals surface area (Å²) in [7, 11) is 0. The van der Waals surface area contributed by atoms with Crippen LogP contribution in [0.1, 0.15) is 26.8 Å². The Labute approximate surface area is 153 Å². The highest BCUT2D eigenvalue weighted by Crippen LogP contribution is 2.26. The molecule has 124 valence electrons. The molecule has 0 aliphatic rings. The van der Waals surface area contributed by atoms with Crippen LogP contribution < -0.4 is 0 Å². The van der Waals surface area contributed by atoms with Gasteiger partial charge < -0.3 is 4.57 Å². The number of aromatic nitrogens is 3. The summed E-state index contributed by atoms with van der Waals surface area (Å²) in [6.45, 7) is 5.87. The van der Waals surface area contributed by atoms with Crippen LogP contribution in [0.15, 0.2) is 34.7 Å². The van der Waals surface area contributed by atoms with E-state index in [9.17, 15) is 4.79 Å². The molecule has 0 saturated heterocycles. The molecule has 1 aromatic carbocycles. The summed E-state index contributed by atoms with van der Waals surface area (Å²) in [6.07, 6.45) is 0. The van der Waals surface area contributed by atoms with Gasteiger partial charge in [0.25, 0.3) is 0 Å². The van der Waals surface area contributed by atoms with Crippen LogP contribution in [0.5, 0.6) is 0 Å². The van der Waals surface area contributed by atoms with Crippen LogP contribution >= 0.6 is 34.7 Å². The Bertz CT molecular complexity index is 884. The van der Waals surface area contributed by atoms with Gasteiger partial charge in [0.2, 0.25) is 0 Å². The zero-order valence-corrected chi connectivity index (χ0v) is 15.9. The molecule has 2 aromatic heterocycles. The number of nitrogens with zero attached hydrogens (tertiary/aromatic N) is 3. The second-order valence-electron chi connectivity index (χ2n) is 5.40. The van der Waals surface area contributed by atoms with E-state index in [1.165, 1.54) is 23.1 Å². The molecule has 0 atom stereocenters. The van der Waals surface area contributed by atoms with Gasteiger partial charge in [0.1, 0.15) is 5.01 Å². The lowest BCUT2D eigenvalue weighted by molar-refractivity contribution is 0.102. The van der Waals surface area contributed by atoms with Gasteiger partial charge >= 0.3 is 0 Å². The molecular weight excluding hydrogens is 362 g/mol. The molecule has 0 bridgehead atoms. The Morgan fingerprint density at radius 3 is 2.54 bits per heavy atom. The van der Waals surface area contributed by atoms with Gasteiger partial charge in [-0.3, -0.25) is 4.79 Å². The molecule has 24 heavy (non-hydrogen) atoms. The zero-order chi connectivity index (χ0) is 17.3. The van der Waals surface area contributed by atoms with Crippen LogP contribution in [0.2, 0.25) is 5.02 Å². The topological polar surface area (TPSA) is 47.8 Å². The molecule has 7 heteroatoms. The lowest BCUT2D eigenvalue weighted by Gasteiger charge is -2.10. The van der Waals surface area contributed by atoms with Crippen molar-refractivity contribution in [1.82, 2.24) is 14.8 Å². The predicted molar refractivity (Wildman–Crippen MR) is 100.0 cm³/mol. The number of ketones is 1. The summed E-state index contributed by atoms with van der Waals surface area (Å²) in [6, 6.07) is 9.55. The highest BCUT2D eigenvalue weighted by atomic mass is 35.5. The maximum Gasteiger partial charge on any atom is 0.174 e. The number of hydrogen-bond acceptors (Lipinski definition) is 5. The predicted octanol–water partition coefficient (Wildman–Crippen LogP) is 4.88. The van der Waals surface area contributed by atoms with Crippen molar-refractivity contribution in [3.63, 3.8) is 0 Å². The minimum atomic E-state index is 0.0983. The second-order valence-corrected chi connectivity index (χ2v) is 8.24. The third-order valence-electron chi connectivity index (χ3n) is 3.65. The van der Waals surface area contributed by atoms with Crippen LogP contribution in [0.3, 0.4) is 0 Å². The molecule has 0 aliphatic heterocycles. The number of Topliss-reactive ketones (excluding diaryl/α,β-unsaturated/α-hetero) is 1. The summed E-state index contributed by atoms with van der Waals surface area (Å²) in [5.74, 6) is 0.459. The minimum Gasteiger partial charge on any atom is -0.318 e. The Balaban J connectivity index is 1.82. The Hall–Kier alpha value is -1.63. The molecule has 2 heterocycles. The van der Waals surface area contributed by atoms with Crippen LogP contribution in [0.4, 0.5) is 0 Å². The summed E-state index contributed by atoms with van der Waals surface area (Å²) in [4.78, 5) is 12.6. The first-order valence-electron chi connectivity index (χ1n) is 7.36. The number of thioether (sulfide) groups is 1. The maximum absolute atomic E-state index is 12.6. The van der Waals surface area contributed by atoms with Crippen molar-refractivity contribution in [2.45, 2.75) is 25.1 Å². The van der Waals surface area contributed by atoms with Crippen molar-refractivity contribution in [1.29, 1.82) is 0 Å². The number of aryl methyl sites for hydroxylation is 2. The number of carbonyl (C=O) groups is 1. The standard InChI is InChI=1S/C17H16ClN3OS2/c1-10-8-15(16(22)9-23-17-20-19-12(3)24-17)11(2)21(10)14-6-4-13(18)5-7-14/h4-8H,9H2,1-3H3. The van der Waals surface area contributed by atoms with Crippen LogP contribution in [-0.4, -0.2) is 26.3 Å². The fourth-order valence-electron chi connectivity index (χ4n) is 2.57. The van der Waals surface area contributed by atoms with Crippen LogP contribution in [0, 0.1) is 20.8 Å². The van der Waals surface area contributed by atoms with E-state index < -0.39 is 0 Å². The first-order chi connectivity index (χ1) is 11.5. The van der Waals surface area contributed by atoms with Gasteiger partial charge in [0.15, 0.2) is 10.1 Å². The monoisotopic (exact) mass is 377 g/mol. The summed E-state index contributed by atoms with van der Waals surface area (Å²) >= 11 is 8.90. The molecule has 0 fully saturated rings. The quantitative estimate of drug-likeness (QED) is 0.469. The zero-order valence-electron chi connectivity index (χ0n) is 13.5. The second kappa shape index (κ2) is 7.09. The SMILES string of the molecule is Cc1nnc(SCC(=O)c2cc(C)n(-c3ccc(Cl)cc3)c2C)s1. The number of benzene rings is 1. The number of halogens is 1. The van der Waals surface area contributed by atoms with Gasteiger partial charge in [-0.25, -0.2) is 0 Å². The van der Waals surface area contributed by atoms with E-state index in [-0.39, 0.29) is 5.78 Å². The van der Waals surface area contributed by atoms with Crippen LogP contribution in [-0.2, 0) is 0 Å². The molecule has 3 aromatic rings. The van der Waals surface area contributed by atoms with Crippen molar-refractivity contribution >= 4 is 40.5 Å². The highest BCUT2D eigenvalue weighted by Gasteiger charge is 2.17. The van der Waals surface area contributed by atoms with E-state index in [0.717, 1.165) is 32.0 Å². The fraction of sp³-hybridized carbons (Fsp3) is 0.235. The van der Waals surface area contributed by atoms with Crippen molar-refractivity contribution in [2.75, 3.05) is 5.75 Å². The first kappa shape index (κ1) is 17.2. The van der Waals surface area contributed by atoms with E-state index in [2.05, 4.69) is 14.8 Å². The lowest BCUT2D eigenvalue weighted by atomic mass is 10.2. The minimum absolute atomic E-state index is 0.0983. The number of rotatable bonds is 5. The number of carbonyl (C=O) groups excluding carboxylic acids is 1. The summed E-state index contributed by atoms with van der Waals surface area (Å²) in [5, 5.41) is 9.62. The van der Waals surface area contributed by atoms with E-state index in [0.29, 0.717) is 10.8 Å². The maximum atomic E-state index is 12.6. The van der Waals surface area contributed by atoms with Gasteiger partial charge in [-0.1, -0.05) is 34.7 Å². The van der Waals surface area contributed by atoms with Gasteiger partial charge in [0.05, 0.1) is 5.75 Å². The molecule has 0 spiro atoms. The highest BCUT2D eigenvalue weighted by molar-refractivity contribution is 8.01. The van der Waals surface area contributed by atoms with Crippen molar-refractivity contribution in [3.8, 4) is 5.69 Å². The fourth-order valence-corrected chi connectivity index (χ4v) is 4.40. The van der Waals surface area contributed by atoms with Gasteiger partial charge in [-0.05, 0) is 51.1 Å². The summed E-state index contributed by atoms with van der Waals surface area (Å²) < 4.78 is 2.90. The van der Waals surface area contributed by atoms with E-state index in [1.54, 1.807) is 0 Å². The third kappa shape index (κ3) is 3.55. The molecule has 0 amide bonds. The number of hydrogen-bond donors (Lipinski definition) is 0. The Morgan fingerprint density at radius 2 is 1.92 bits per heavy atom. The molecule has 0 aliphatic carbocycles. The molecule has 0 N–H and O–H groups in total. The van der Waals surface area contributed by atoms with Crippen molar-refractivity contribution in [3.05, 3.63) is 57.3 Å². The largest absolute Gasteiger partial charge is 0.318 e. The average Bonchev–Trinajstić information content (AvgIpc) is 3.09. The van der Waals surface area contributed by atoms with Gasteiger partial charge in [0, 0.05) is 27.7 Å². The van der Waals surface area contributed by atoms with E-state index in [1.807, 2.05) is 51.1 Å². The lowest BCUT2D eigenvalue weighted by Crippen LogP contribution is -2.05. The van der Waals surface area contributed by atoms with Gasteiger partial charge in [-0.15, -0.1) is 10.2 Å².